The summed E-state index contributed by atoms with van der Waals surface area (Å²) < 4.78 is 46.3. The van der Waals surface area contributed by atoms with E-state index in [2.05, 4.69) is 10.3 Å². The van der Waals surface area contributed by atoms with Gasteiger partial charge in [-0.3, -0.25) is 0 Å². The molecule has 0 atom stereocenters. The summed E-state index contributed by atoms with van der Waals surface area (Å²) in [5.74, 6) is -0.428. The summed E-state index contributed by atoms with van der Waals surface area (Å²) in [6.45, 7) is 1.08. The van der Waals surface area contributed by atoms with Crippen molar-refractivity contribution in [3.8, 4) is 0 Å². The van der Waals surface area contributed by atoms with Crippen molar-refractivity contribution < 1.29 is 17.2 Å². The van der Waals surface area contributed by atoms with Crippen LogP contribution in [0.3, 0.4) is 0 Å². The summed E-state index contributed by atoms with van der Waals surface area (Å²) in [4.78, 5) is 4.43. The van der Waals surface area contributed by atoms with Gasteiger partial charge in [-0.2, -0.15) is 9.29 Å². The van der Waals surface area contributed by atoms with Gasteiger partial charge >= 0.3 is 0 Å². The molecule has 136 valence electrons. The molecule has 1 N–H and O–H groups in total. The van der Waals surface area contributed by atoms with Crippen molar-refractivity contribution in [1.82, 2.24) is 9.29 Å². The molecule has 0 spiro atoms. The molecule has 0 unspecified atom stereocenters. The Morgan fingerprint density at radius 2 is 1.85 bits per heavy atom. The molecule has 8 heteroatoms. The average molecular weight is 375 g/mol. The number of anilines is 2. The number of rotatable bonds is 4. The molecule has 0 bridgehead atoms. The topological polar surface area (TPSA) is 75.4 Å². The highest BCUT2D eigenvalue weighted by Gasteiger charge is 2.26. The van der Waals surface area contributed by atoms with Crippen molar-refractivity contribution >= 4 is 32.8 Å². The van der Waals surface area contributed by atoms with Crippen LogP contribution in [0.1, 0.15) is 19.3 Å². The number of benzene rings is 2. The number of piperidine rings is 1. The van der Waals surface area contributed by atoms with Gasteiger partial charge in [0, 0.05) is 13.1 Å². The second-order valence-electron chi connectivity index (χ2n) is 6.22. The third kappa shape index (κ3) is 3.17. The zero-order valence-electron chi connectivity index (χ0n) is 14.0. The summed E-state index contributed by atoms with van der Waals surface area (Å²) in [5.41, 5.74) is 1.07. The average Bonchev–Trinajstić information content (AvgIpc) is 3.06. The highest BCUT2D eigenvalue weighted by Crippen LogP contribution is 2.27. The first-order valence-electron chi connectivity index (χ1n) is 8.46. The highest BCUT2D eigenvalue weighted by molar-refractivity contribution is 7.89. The molecule has 1 fully saturated rings. The molecule has 6 nitrogen and oxygen atoms in total. The van der Waals surface area contributed by atoms with E-state index in [1.807, 2.05) is 0 Å². The van der Waals surface area contributed by atoms with Crippen molar-refractivity contribution in [2.45, 2.75) is 24.2 Å². The maximum atomic E-state index is 13.7. The molecule has 2 heterocycles. The van der Waals surface area contributed by atoms with Crippen molar-refractivity contribution in [3.63, 3.8) is 0 Å². The van der Waals surface area contributed by atoms with E-state index < -0.39 is 15.8 Å². The number of aromatic nitrogens is 1. The standard InChI is InChI=1S/C18H18FN3O3S/c19-14-6-2-3-7-15(14)20-18-21-16-12-13(8-9-17(16)25-18)26(23,24)22-10-4-1-5-11-22/h2-3,6-9,12H,1,4-5,10-11H2,(H,20,21). The first-order valence-corrected chi connectivity index (χ1v) is 9.90. The number of hydrogen-bond acceptors (Lipinski definition) is 5. The van der Waals surface area contributed by atoms with E-state index in [9.17, 15) is 12.8 Å². The molecule has 0 radical (unpaired) electrons. The van der Waals surface area contributed by atoms with Gasteiger partial charge in [-0.25, -0.2) is 12.8 Å². The molecule has 4 rings (SSSR count). The first-order chi connectivity index (χ1) is 12.5. The normalized spacial score (nSPS) is 16.0. The SMILES string of the molecule is O=S(=O)(c1ccc2oc(Nc3ccccc3F)nc2c1)N1CCCCC1. The smallest absolute Gasteiger partial charge is 0.300 e. The number of nitrogens with zero attached hydrogens (tertiary/aromatic N) is 2. The number of sulfonamides is 1. The Bertz CT molecular complexity index is 1040. The maximum absolute atomic E-state index is 13.7. The lowest BCUT2D eigenvalue weighted by atomic mass is 10.2. The van der Waals surface area contributed by atoms with Crippen LogP contribution in [-0.2, 0) is 10.0 Å². The van der Waals surface area contributed by atoms with Crippen LogP contribution in [0, 0.1) is 5.82 Å². The van der Waals surface area contributed by atoms with Crippen molar-refractivity contribution in [2.75, 3.05) is 18.4 Å². The lowest BCUT2D eigenvalue weighted by Gasteiger charge is -2.25. The van der Waals surface area contributed by atoms with Gasteiger partial charge in [0.05, 0.1) is 10.6 Å². The molecular formula is C18H18FN3O3S. The minimum atomic E-state index is -3.54. The van der Waals surface area contributed by atoms with E-state index in [1.54, 1.807) is 24.3 Å². The van der Waals surface area contributed by atoms with Gasteiger partial charge in [0.25, 0.3) is 6.01 Å². The third-order valence-electron chi connectivity index (χ3n) is 4.43. The molecule has 3 aromatic rings. The van der Waals surface area contributed by atoms with Crippen LogP contribution in [0.4, 0.5) is 16.1 Å². The Hall–Kier alpha value is -2.45. The number of oxazole rings is 1. The van der Waals surface area contributed by atoms with Gasteiger partial charge < -0.3 is 9.73 Å². The molecule has 2 aromatic carbocycles. The van der Waals surface area contributed by atoms with Crippen molar-refractivity contribution in [2.24, 2.45) is 0 Å². The molecule has 1 aliphatic heterocycles. The molecular weight excluding hydrogens is 357 g/mol. The van der Waals surface area contributed by atoms with E-state index in [4.69, 9.17) is 4.42 Å². The molecule has 0 aliphatic carbocycles. The van der Waals surface area contributed by atoms with E-state index in [1.165, 1.54) is 22.5 Å². The lowest BCUT2D eigenvalue weighted by molar-refractivity contribution is 0.346. The Labute approximate surface area is 150 Å². The Morgan fingerprint density at radius 3 is 2.62 bits per heavy atom. The summed E-state index contributed by atoms with van der Waals surface area (Å²) in [6, 6.07) is 10.9. The Balaban J connectivity index is 1.64. The highest BCUT2D eigenvalue weighted by atomic mass is 32.2. The minimum Gasteiger partial charge on any atom is -0.423 e. The van der Waals surface area contributed by atoms with Gasteiger partial charge in [-0.15, -0.1) is 0 Å². The van der Waals surface area contributed by atoms with Crippen molar-refractivity contribution in [3.05, 3.63) is 48.3 Å². The fraction of sp³-hybridized carbons (Fsp3) is 0.278. The molecule has 0 amide bonds. The van der Waals surface area contributed by atoms with E-state index in [0.717, 1.165) is 19.3 Å². The van der Waals surface area contributed by atoms with Crippen molar-refractivity contribution in [1.29, 1.82) is 0 Å². The van der Waals surface area contributed by atoms with Crippen LogP contribution in [-0.4, -0.2) is 30.8 Å². The molecule has 1 aliphatic rings. The van der Waals surface area contributed by atoms with Gasteiger partial charge in [-0.05, 0) is 43.2 Å². The van der Waals surface area contributed by atoms with E-state index >= 15 is 0 Å². The molecule has 1 aromatic heterocycles. The quantitative estimate of drug-likeness (QED) is 0.749. The van der Waals surface area contributed by atoms with Crippen LogP contribution < -0.4 is 5.32 Å². The Kier molecular flexibility index (Phi) is 4.37. The van der Waals surface area contributed by atoms with Crippen LogP contribution >= 0.6 is 0 Å². The Morgan fingerprint density at radius 1 is 1.08 bits per heavy atom. The predicted molar refractivity (Wildman–Crippen MR) is 96.3 cm³/mol. The largest absolute Gasteiger partial charge is 0.423 e. The van der Waals surface area contributed by atoms with E-state index in [-0.39, 0.29) is 16.6 Å². The fourth-order valence-corrected chi connectivity index (χ4v) is 4.59. The minimum absolute atomic E-state index is 0.109. The van der Waals surface area contributed by atoms with Gasteiger partial charge in [0.1, 0.15) is 11.3 Å². The predicted octanol–water partition coefficient (Wildman–Crippen LogP) is 3.89. The van der Waals surface area contributed by atoms with Gasteiger partial charge in [0.15, 0.2) is 5.58 Å². The van der Waals surface area contributed by atoms with Crippen LogP contribution in [0.25, 0.3) is 11.1 Å². The second-order valence-corrected chi connectivity index (χ2v) is 8.16. The summed E-state index contributed by atoms with van der Waals surface area (Å²) in [6.07, 6.45) is 2.81. The van der Waals surface area contributed by atoms with Gasteiger partial charge in [-0.1, -0.05) is 18.6 Å². The summed E-state index contributed by atoms with van der Waals surface area (Å²) in [5, 5.41) is 2.77. The number of fused-ring (bicyclic) bond motifs is 1. The summed E-state index contributed by atoms with van der Waals surface area (Å²) >= 11 is 0. The van der Waals surface area contributed by atoms with E-state index in [0.29, 0.717) is 24.2 Å². The fourth-order valence-electron chi connectivity index (χ4n) is 3.05. The first kappa shape index (κ1) is 17.0. The van der Waals surface area contributed by atoms with Crippen LogP contribution in [0.2, 0.25) is 0 Å². The number of nitrogens with one attached hydrogen (secondary N) is 1. The van der Waals surface area contributed by atoms with Crippen LogP contribution in [0.15, 0.2) is 51.8 Å². The number of para-hydroxylation sites is 1. The lowest BCUT2D eigenvalue weighted by Crippen LogP contribution is -2.35. The monoisotopic (exact) mass is 375 g/mol. The molecule has 1 saturated heterocycles. The number of halogens is 1. The zero-order valence-corrected chi connectivity index (χ0v) is 14.8. The maximum Gasteiger partial charge on any atom is 0.300 e. The molecule has 26 heavy (non-hydrogen) atoms. The zero-order chi connectivity index (χ0) is 18.1. The molecule has 0 saturated carbocycles. The summed E-state index contributed by atoms with van der Waals surface area (Å²) in [7, 11) is -3.54. The van der Waals surface area contributed by atoms with Gasteiger partial charge in [0.2, 0.25) is 10.0 Å². The third-order valence-corrected chi connectivity index (χ3v) is 6.32. The second kappa shape index (κ2) is 6.69. The number of hydrogen-bond donors (Lipinski definition) is 1. The van der Waals surface area contributed by atoms with Crippen LogP contribution in [0.5, 0.6) is 0 Å².